The van der Waals surface area contributed by atoms with E-state index in [2.05, 4.69) is 0 Å². The van der Waals surface area contributed by atoms with Crippen molar-refractivity contribution in [3.8, 4) is 5.75 Å². The van der Waals surface area contributed by atoms with Crippen LogP contribution < -0.4 is 10.4 Å². The maximum atomic E-state index is 12.0. The molecule has 0 radical (unpaired) electrons. The van der Waals surface area contributed by atoms with Crippen LogP contribution in [0.3, 0.4) is 0 Å². The summed E-state index contributed by atoms with van der Waals surface area (Å²) in [6, 6.07) is 13.2. The van der Waals surface area contributed by atoms with Crippen molar-refractivity contribution < 1.29 is 19.1 Å². The normalized spacial score (nSPS) is 10.8. The van der Waals surface area contributed by atoms with E-state index in [-0.39, 0.29) is 12.0 Å². The number of aliphatic carboxylic acids is 1. The minimum Gasteiger partial charge on any atom is -0.489 e. The molecule has 1 N–H and O–H groups in total. The molecule has 0 spiro atoms. The Labute approximate surface area is 144 Å². The van der Waals surface area contributed by atoms with Crippen molar-refractivity contribution in [3.63, 3.8) is 0 Å². The van der Waals surface area contributed by atoms with Crippen LogP contribution in [0, 0.1) is 13.8 Å². The topological polar surface area (TPSA) is 76.7 Å². The molecular weight excluding hydrogens is 320 g/mol. The first-order chi connectivity index (χ1) is 11.9. The molecule has 0 unspecified atom stereocenters. The summed E-state index contributed by atoms with van der Waals surface area (Å²) in [5.41, 5.74) is 2.77. The van der Waals surface area contributed by atoms with Crippen LogP contribution in [0.15, 0.2) is 51.7 Å². The molecule has 0 aliphatic carbocycles. The molecule has 0 atom stereocenters. The molecule has 25 heavy (non-hydrogen) atoms. The van der Waals surface area contributed by atoms with Gasteiger partial charge in [-0.05, 0) is 37.1 Å². The van der Waals surface area contributed by atoms with Crippen LogP contribution in [0.4, 0.5) is 0 Å². The molecule has 0 fully saturated rings. The van der Waals surface area contributed by atoms with Gasteiger partial charge in [0.2, 0.25) is 0 Å². The maximum absolute atomic E-state index is 12.0. The third kappa shape index (κ3) is 3.71. The SMILES string of the molecule is Cc1cccc(COc2ccc3c(C)c(CC(=O)O)c(=O)oc3c2)c1. The van der Waals surface area contributed by atoms with E-state index in [1.165, 1.54) is 0 Å². The average molecular weight is 338 g/mol. The number of hydrogen-bond acceptors (Lipinski definition) is 4. The van der Waals surface area contributed by atoms with Gasteiger partial charge in [0.25, 0.3) is 0 Å². The van der Waals surface area contributed by atoms with Crippen molar-refractivity contribution in [2.45, 2.75) is 26.9 Å². The molecule has 0 bridgehead atoms. The zero-order valence-corrected chi connectivity index (χ0v) is 14.0. The van der Waals surface area contributed by atoms with Crippen LogP contribution >= 0.6 is 0 Å². The Morgan fingerprint density at radius 2 is 1.96 bits per heavy atom. The van der Waals surface area contributed by atoms with Crippen LogP contribution in [-0.2, 0) is 17.8 Å². The lowest BCUT2D eigenvalue weighted by molar-refractivity contribution is -0.136. The predicted molar refractivity (Wildman–Crippen MR) is 94.1 cm³/mol. The highest BCUT2D eigenvalue weighted by Crippen LogP contribution is 2.25. The zero-order valence-electron chi connectivity index (χ0n) is 14.0. The monoisotopic (exact) mass is 338 g/mol. The van der Waals surface area contributed by atoms with Gasteiger partial charge in [-0.2, -0.15) is 0 Å². The van der Waals surface area contributed by atoms with E-state index in [1.54, 1.807) is 25.1 Å². The fourth-order valence-corrected chi connectivity index (χ4v) is 2.79. The maximum Gasteiger partial charge on any atom is 0.340 e. The second-order valence-electron chi connectivity index (χ2n) is 6.00. The average Bonchev–Trinajstić information content (AvgIpc) is 2.56. The second kappa shape index (κ2) is 6.81. The van der Waals surface area contributed by atoms with E-state index in [4.69, 9.17) is 14.3 Å². The van der Waals surface area contributed by atoms with E-state index < -0.39 is 11.6 Å². The van der Waals surface area contributed by atoms with Gasteiger partial charge in [0.1, 0.15) is 17.9 Å². The molecule has 0 aliphatic heterocycles. The van der Waals surface area contributed by atoms with Gasteiger partial charge in [-0.1, -0.05) is 29.8 Å². The van der Waals surface area contributed by atoms with Crippen LogP contribution in [0.2, 0.25) is 0 Å². The first-order valence-electron chi connectivity index (χ1n) is 7.90. The standard InChI is InChI=1S/C20H18O5/c1-12-4-3-5-14(8-12)11-24-15-6-7-16-13(2)17(10-19(21)22)20(23)25-18(16)9-15/h3-9H,10-11H2,1-2H3,(H,21,22). The molecule has 0 saturated heterocycles. The molecule has 3 rings (SSSR count). The number of benzene rings is 2. The Hall–Kier alpha value is -3.08. The van der Waals surface area contributed by atoms with Gasteiger partial charge in [0.15, 0.2) is 0 Å². The molecule has 2 aromatic carbocycles. The lowest BCUT2D eigenvalue weighted by Gasteiger charge is -2.10. The number of aryl methyl sites for hydroxylation is 2. The number of hydrogen-bond donors (Lipinski definition) is 1. The second-order valence-corrected chi connectivity index (χ2v) is 6.00. The van der Waals surface area contributed by atoms with E-state index in [0.29, 0.717) is 28.9 Å². The van der Waals surface area contributed by atoms with Crippen LogP contribution in [0.5, 0.6) is 5.75 Å². The minimum atomic E-state index is -1.06. The quantitative estimate of drug-likeness (QED) is 0.719. The Kier molecular flexibility index (Phi) is 4.57. The number of carbonyl (C=O) groups is 1. The molecule has 3 aromatic rings. The molecule has 0 amide bonds. The van der Waals surface area contributed by atoms with Crippen LogP contribution in [-0.4, -0.2) is 11.1 Å². The largest absolute Gasteiger partial charge is 0.489 e. The number of carboxylic acid groups (broad SMARTS) is 1. The van der Waals surface area contributed by atoms with Gasteiger partial charge < -0.3 is 14.3 Å². The molecule has 128 valence electrons. The van der Waals surface area contributed by atoms with Crippen LogP contribution in [0.25, 0.3) is 11.0 Å². The summed E-state index contributed by atoms with van der Waals surface area (Å²) < 4.78 is 11.1. The van der Waals surface area contributed by atoms with Crippen molar-refractivity contribution in [2.24, 2.45) is 0 Å². The molecule has 0 saturated carbocycles. The third-order valence-electron chi connectivity index (χ3n) is 4.07. The Bertz CT molecular complexity index is 1000. The minimum absolute atomic E-state index is 0.174. The molecule has 5 nitrogen and oxygen atoms in total. The summed E-state index contributed by atoms with van der Waals surface area (Å²) in [6.45, 7) is 4.16. The summed E-state index contributed by atoms with van der Waals surface area (Å²) in [7, 11) is 0. The molecule has 1 heterocycles. The Balaban J connectivity index is 1.90. The highest BCUT2D eigenvalue weighted by Gasteiger charge is 2.14. The van der Waals surface area contributed by atoms with E-state index in [9.17, 15) is 9.59 Å². The molecule has 0 aliphatic rings. The molecular formula is C20H18O5. The van der Waals surface area contributed by atoms with Gasteiger partial charge >= 0.3 is 11.6 Å². The summed E-state index contributed by atoms with van der Waals surface area (Å²) in [5, 5.41) is 9.64. The summed E-state index contributed by atoms with van der Waals surface area (Å²) in [6.07, 6.45) is -0.351. The third-order valence-corrected chi connectivity index (χ3v) is 4.07. The summed E-state index contributed by atoms with van der Waals surface area (Å²) in [5.74, 6) is -0.476. The highest BCUT2D eigenvalue weighted by atomic mass is 16.5. The summed E-state index contributed by atoms with van der Waals surface area (Å²) >= 11 is 0. The lowest BCUT2D eigenvalue weighted by atomic mass is 10.0. The predicted octanol–water partition coefficient (Wildman–Crippen LogP) is 3.62. The summed E-state index contributed by atoms with van der Waals surface area (Å²) in [4.78, 5) is 23.0. The smallest absolute Gasteiger partial charge is 0.340 e. The Morgan fingerprint density at radius 3 is 2.68 bits per heavy atom. The molecule has 5 heteroatoms. The van der Waals surface area contributed by atoms with Gasteiger partial charge in [0, 0.05) is 11.5 Å². The Morgan fingerprint density at radius 1 is 1.16 bits per heavy atom. The van der Waals surface area contributed by atoms with Gasteiger partial charge in [0.05, 0.1) is 12.0 Å². The van der Waals surface area contributed by atoms with Gasteiger partial charge in [-0.3, -0.25) is 4.79 Å². The number of fused-ring (bicyclic) bond motifs is 1. The van der Waals surface area contributed by atoms with Gasteiger partial charge in [-0.15, -0.1) is 0 Å². The van der Waals surface area contributed by atoms with E-state index in [1.807, 2.05) is 31.2 Å². The first-order valence-corrected chi connectivity index (χ1v) is 7.90. The fraction of sp³-hybridized carbons (Fsp3) is 0.200. The molecule has 1 aromatic heterocycles. The number of carboxylic acids is 1. The fourth-order valence-electron chi connectivity index (χ4n) is 2.79. The highest BCUT2D eigenvalue weighted by molar-refractivity contribution is 5.83. The van der Waals surface area contributed by atoms with E-state index >= 15 is 0 Å². The van der Waals surface area contributed by atoms with Crippen molar-refractivity contribution in [3.05, 3.63) is 75.1 Å². The number of rotatable bonds is 5. The zero-order chi connectivity index (χ0) is 18.0. The van der Waals surface area contributed by atoms with Gasteiger partial charge in [-0.25, -0.2) is 4.79 Å². The van der Waals surface area contributed by atoms with Crippen molar-refractivity contribution in [1.82, 2.24) is 0 Å². The number of ether oxygens (including phenoxy) is 1. The lowest BCUT2D eigenvalue weighted by Crippen LogP contribution is -2.14. The van der Waals surface area contributed by atoms with E-state index in [0.717, 1.165) is 11.1 Å². The van der Waals surface area contributed by atoms with Crippen LogP contribution in [0.1, 0.15) is 22.3 Å². The van der Waals surface area contributed by atoms with Crippen molar-refractivity contribution in [2.75, 3.05) is 0 Å². The van der Waals surface area contributed by atoms with Crippen molar-refractivity contribution >= 4 is 16.9 Å². The first kappa shape index (κ1) is 16.8. The van der Waals surface area contributed by atoms with Crippen molar-refractivity contribution in [1.29, 1.82) is 0 Å².